The Labute approximate surface area is 169 Å². The van der Waals surface area contributed by atoms with Gasteiger partial charge in [-0.2, -0.15) is 0 Å². The lowest BCUT2D eigenvalue weighted by molar-refractivity contribution is -0.128. The molecule has 0 radical (unpaired) electrons. The second-order valence-electron chi connectivity index (χ2n) is 6.79. The molecule has 0 bridgehead atoms. The van der Waals surface area contributed by atoms with Crippen LogP contribution in [0.3, 0.4) is 0 Å². The maximum atomic E-state index is 12.9. The molecule has 2 amide bonds. The molecule has 1 fully saturated rings. The summed E-state index contributed by atoms with van der Waals surface area (Å²) in [6.45, 7) is 2.07. The van der Waals surface area contributed by atoms with Crippen LogP contribution in [0.2, 0.25) is 0 Å². The molecule has 7 nitrogen and oxygen atoms in total. The van der Waals surface area contributed by atoms with E-state index >= 15 is 0 Å². The first-order chi connectivity index (χ1) is 13.8. The van der Waals surface area contributed by atoms with Crippen LogP contribution in [0.5, 0.6) is 0 Å². The fraction of sp³-hybridized carbons (Fsp3) is 0.300. The van der Waals surface area contributed by atoms with Crippen LogP contribution in [0, 0.1) is 5.82 Å². The molecule has 0 saturated carbocycles. The molecular formula is C20H22FN3O4S. The lowest BCUT2D eigenvalue weighted by Crippen LogP contribution is -2.50. The van der Waals surface area contributed by atoms with Crippen molar-refractivity contribution in [2.45, 2.75) is 0 Å². The van der Waals surface area contributed by atoms with Crippen molar-refractivity contribution >= 4 is 33.0 Å². The van der Waals surface area contributed by atoms with E-state index in [9.17, 15) is 22.4 Å². The van der Waals surface area contributed by atoms with Gasteiger partial charge in [-0.15, -0.1) is 0 Å². The monoisotopic (exact) mass is 419 g/mol. The van der Waals surface area contributed by atoms with Crippen LogP contribution in [-0.4, -0.2) is 62.8 Å². The van der Waals surface area contributed by atoms with Crippen LogP contribution in [0.25, 0.3) is 0 Å². The predicted octanol–water partition coefficient (Wildman–Crippen LogP) is 1.53. The van der Waals surface area contributed by atoms with Gasteiger partial charge in [0.05, 0.1) is 0 Å². The zero-order chi connectivity index (χ0) is 20.9. The first-order valence-corrected chi connectivity index (χ1v) is 11.0. The smallest absolute Gasteiger partial charge is 0.239 e. The van der Waals surface area contributed by atoms with Gasteiger partial charge in [-0.05, 0) is 36.4 Å². The van der Waals surface area contributed by atoms with Gasteiger partial charge in [0.1, 0.15) is 17.3 Å². The maximum Gasteiger partial charge on any atom is 0.239 e. The molecule has 0 atom stereocenters. The van der Waals surface area contributed by atoms with E-state index in [2.05, 4.69) is 10.2 Å². The number of piperazine rings is 1. The van der Waals surface area contributed by atoms with E-state index in [0.717, 1.165) is 17.8 Å². The zero-order valence-electron chi connectivity index (χ0n) is 15.8. The topological polar surface area (TPSA) is 86.8 Å². The van der Waals surface area contributed by atoms with E-state index < -0.39 is 39.0 Å². The SMILES string of the molecule is O=C(CS(=O)(=O)CC(=O)N1CCN(c2ccccc2)CC1)Nc1ccc(F)cc1. The Morgan fingerprint density at radius 1 is 0.897 bits per heavy atom. The molecule has 29 heavy (non-hydrogen) atoms. The summed E-state index contributed by atoms with van der Waals surface area (Å²) in [6.07, 6.45) is 0. The molecule has 1 heterocycles. The fourth-order valence-electron chi connectivity index (χ4n) is 3.11. The van der Waals surface area contributed by atoms with Gasteiger partial charge >= 0.3 is 0 Å². The molecule has 9 heteroatoms. The number of nitrogens with one attached hydrogen (secondary N) is 1. The lowest BCUT2D eigenvalue weighted by atomic mass is 10.2. The Bertz CT molecular complexity index is 957. The van der Waals surface area contributed by atoms with Crippen molar-refractivity contribution in [3.8, 4) is 0 Å². The first-order valence-electron chi connectivity index (χ1n) is 9.16. The highest BCUT2D eigenvalue weighted by Gasteiger charge is 2.27. The molecule has 2 aromatic rings. The number of anilines is 2. The molecule has 1 N–H and O–H groups in total. The summed E-state index contributed by atoms with van der Waals surface area (Å²) >= 11 is 0. The van der Waals surface area contributed by atoms with Gasteiger partial charge in [0, 0.05) is 37.6 Å². The molecule has 0 aliphatic carbocycles. The summed E-state index contributed by atoms with van der Waals surface area (Å²) in [4.78, 5) is 28.0. The summed E-state index contributed by atoms with van der Waals surface area (Å²) in [7, 11) is -3.91. The molecule has 2 aromatic carbocycles. The van der Waals surface area contributed by atoms with Gasteiger partial charge in [-0.1, -0.05) is 18.2 Å². The lowest BCUT2D eigenvalue weighted by Gasteiger charge is -2.36. The number of carbonyl (C=O) groups is 2. The van der Waals surface area contributed by atoms with E-state index in [4.69, 9.17) is 0 Å². The van der Waals surface area contributed by atoms with E-state index in [1.807, 2.05) is 30.3 Å². The van der Waals surface area contributed by atoms with Crippen molar-refractivity contribution in [3.63, 3.8) is 0 Å². The van der Waals surface area contributed by atoms with Gasteiger partial charge in [-0.25, -0.2) is 12.8 Å². The van der Waals surface area contributed by atoms with Gasteiger partial charge in [0.2, 0.25) is 11.8 Å². The van der Waals surface area contributed by atoms with Crippen LogP contribution in [-0.2, 0) is 19.4 Å². The molecule has 0 spiro atoms. The number of sulfone groups is 1. The van der Waals surface area contributed by atoms with E-state index in [0.29, 0.717) is 26.2 Å². The molecule has 1 aliphatic rings. The van der Waals surface area contributed by atoms with E-state index in [1.54, 1.807) is 0 Å². The summed E-state index contributed by atoms with van der Waals surface area (Å²) in [5.74, 6) is -3.26. The van der Waals surface area contributed by atoms with Crippen molar-refractivity contribution in [1.82, 2.24) is 4.90 Å². The summed E-state index contributed by atoms with van der Waals surface area (Å²) < 4.78 is 37.4. The summed E-state index contributed by atoms with van der Waals surface area (Å²) in [5.41, 5.74) is 1.35. The predicted molar refractivity (Wildman–Crippen MR) is 109 cm³/mol. The normalized spacial score (nSPS) is 14.5. The van der Waals surface area contributed by atoms with Crippen molar-refractivity contribution in [1.29, 1.82) is 0 Å². The van der Waals surface area contributed by atoms with Gasteiger partial charge in [-0.3, -0.25) is 9.59 Å². The molecule has 0 aromatic heterocycles. The second kappa shape index (κ2) is 9.04. The number of benzene rings is 2. The highest BCUT2D eigenvalue weighted by molar-refractivity contribution is 7.92. The van der Waals surface area contributed by atoms with E-state index in [-0.39, 0.29) is 5.69 Å². The van der Waals surface area contributed by atoms with Gasteiger partial charge in [0.25, 0.3) is 0 Å². The highest BCUT2D eigenvalue weighted by atomic mass is 32.2. The largest absolute Gasteiger partial charge is 0.368 e. The number of hydrogen-bond acceptors (Lipinski definition) is 5. The van der Waals surface area contributed by atoms with Crippen molar-refractivity contribution < 1.29 is 22.4 Å². The standard InChI is InChI=1S/C20H22FN3O4S/c21-16-6-8-17(9-7-16)22-19(25)14-29(27,28)15-20(26)24-12-10-23(11-13-24)18-4-2-1-3-5-18/h1-9H,10-15H2,(H,22,25). The minimum Gasteiger partial charge on any atom is -0.368 e. The van der Waals surface area contributed by atoms with Crippen LogP contribution < -0.4 is 10.2 Å². The number of carbonyl (C=O) groups excluding carboxylic acids is 2. The van der Waals surface area contributed by atoms with Crippen molar-refractivity contribution in [2.75, 3.05) is 47.9 Å². The quantitative estimate of drug-likeness (QED) is 0.767. The first kappa shape index (κ1) is 20.8. The van der Waals surface area contributed by atoms with E-state index in [1.165, 1.54) is 17.0 Å². The fourth-order valence-corrected chi connectivity index (χ4v) is 4.25. The number of halogens is 1. The third-order valence-corrected chi connectivity index (χ3v) is 5.96. The van der Waals surface area contributed by atoms with Crippen LogP contribution in [0.4, 0.5) is 15.8 Å². The summed E-state index contributed by atoms with van der Waals surface area (Å²) in [5, 5.41) is 2.39. The number of rotatable bonds is 6. The third-order valence-electron chi connectivity index (χ3n) is 4.58. The number of amides is 2. The van der Waals surface area contributed by atoms with Gasteiger partial charge in [0.15, 0.2) is 9.84 Å². The molecule has 154 valence electrons. The Kier molecular flexibility index (Phi) is 6.48. The average molecular weight is 419 g/mol. The average Bonchev–Trinajstić information content (AvgIpc) is 2.69. The molecular weight excluding hydrogens is 397 g/mol. The van der Waals surface area contributed by atoms with Crippen LogP contribution in [0.1, 0.15) is 0 Å². The van der Waals surface area contributed by atoms with Crippen LogP contribution >= 0.6 is 0 Å². The molecule has 3 rings (SSSR count). The maximum absolute atomic E-state index is 12.9. The number of para-hydroxylation sites is 1. The molecule has 1 aliphatic heterocycles. The zero-order valence-corrected chi connectivity index (χ0v) is 16.6. The summed E-state index contributed by atoms with van der Waals surface area (Å²) in [6, 6.07) is 14.8. The number of nitrogens with zero attached hydrogens (tertiary/aromatic N) is 2. The highest BCUT2D eigenvalue weighted by Crippen LogP contribution is 2.16. The second-order valence-corrected chi connectivity index (χ2v) is 8.86. The molecule has 0 unspecified atom stereocenters. The molecule has 1 saturated heterocycles. The Morgan fingerprint density at radius 3 is 2.14 bits per heavy atom. The minimum absolute atomic E-state index is 0.287. The third kappa shape index (κ3) is 6.02. The van der Waals surface area contributed by atoms with Crippen molar-refractivity contribution in [2.24, 2.45) is 0 Å². The minimum atomic E-state index is -3.91. The van der Waals surface area contributed by atoms with Crippen LogP contribution in [0.15, 0.2) is 54.6 Å². The van der Waals surface area contributed by atoms with Crippen molar-refractivity contribution in [3.05, 3.63) is 60.4 Å². The Hall–Kier alpha value is -2.94. The number of hydrogen-bond donors (Lipinski definition) is 1. The Morgan fingerprint density at radius 2 is 1.52 bits per heavy atom. The Balaban J connectivity index is 1.49. The van der Waals surface area contributed by atoms with Gasteiger partial charge < -0.3 is 15.1 Å².